The van der Waals surface area contributed by atoms with E-state index >= 15 is 0 Å². The fourth-order valence-corrected chi connectivity index (χ4v) is 2.77. The van der Waals surface area contributed by atoms with Crippen LogP contribution in [0.5, 0.6) is 5.88 Å². The van der Waals surface area contributed by atoms with Gasteiger partial charge in [0.2, 0.25) is 5.88 Å². The summed E-state index contributed by atoms with van der Waals surface area (Å²) in [4.78, 5) is 22.7. The van der Waals surface area contributed by atoms with Crippen molar-refractivity contribution < 1.29 is 14.3 Å². The Labute approximate surface area is 175 Å². The molecule has 1 aromatic heterocycles. The molecule has 164 valence electrons. The Balaban J connectivity index is 2.61. The van der Waals surface area contributed by atoms with Gasteiger partial charge in [-0.15, -0.1) is 0 Å². The van der Waals surface area contributed by atoms with Crippen LogP contribution < -0.4 is 15.4 Å². The number of nitrogens with zero attached hydrogens (tertiary/aromatic N) is 3. The average molecular weight is 408 g/mol. The van der Waals surface area contributed by atoms with Crippen molar-refractivity contribution in [3.8, 4) is 5.88 Å². The second-order valence-corrected chi connectivity index (χ2v) is 8.28. The van der Waals surface area contributed by atoms with E-state index in [0.717, 1.165) is 24.5 Å². The van der Waals surface area contributed by atoms with Crippen molar-refractivity contribution in [2.75, 3.05) is 27.7 Å². The van der Waals surface area contributed by atoms with E-state index in [2.05, 4.69) is 34.5 Å². The third-order valence-electron chi connectivity index (χ3n) is 4.34. The number of aromatic nitrogens is 1. The first-order chi connectivity index (χ1) is 13.6. The number of alkyl carbamates (subject to hydrolysis) is 1. The van der Waals surface area contributed by atoms with E-state index in [1.165, 1.54) is 0 Å². The molecule has 0 saturated heterocycles. The van der Waals surface area contributed by atoms with Gasteiger partial charge >= 0.3 is 6.09 Å². The highest BCUT2D eigenvalue weighted by molar-refractivity contribution is 5.79. The first kappa shape index (κ1) is 24.5. The Kier molecular flexibility index (Phi) is 9.71. The van der Waals surface area contributed by atoms with Crippen LogP contribution in [0.4, 0.5) is 4.79 Å². The number of hydrogen-bond acceptors (Lipinski definition) is 5. The number of carbonyl (C=O) groups is 1. The molecule has 0 aromatic carbocycles. The minimum Gasteiger partial charge on any atom is -0.481 e. The van der Waals surface area contributed by atoms with Crippen LogP contribution in [0.25, 0.3) is 0 Å². The molecule has 0 aliphatic heterocycles. The van der Waals surface area contributed by atoms with Crippen molar-refractivity contribution >= 4 is 12.1 Å². The predicted octanol–water partition coefficient (Wildman–Crippen LogP) is 3.04. The zero-order valence-corrected chi connectivity index (χ0v) is 19.1. The summed E-state index contributed by atoms with van der Waals surface area (Å²) in [5.41, 5.74) is 0.443. The van der Waals surface area contributed by atoms with E-state index in [9.17, 15) is 4.79 Å². The Morgan fingerprint density at radius 3 is 2.59 bits per heavy atom. The molecule has 1 amide bonds. The van der Waals surface area contributed by atoms with Crippen molar-refractivity contribution in [1.82, 2.24) is 20.5 Å². The quantitative estimate of drug-likeness (QED) is 0.509. The summed E-state index contributed by atoms with van der Waals surface area (Å²) in [6.45, 7) is 11.0. The molecule has 0 spiro atoms. The van der Waals surface area contributed by atoms with E-state index < -0.39 is 5.60 Å². The van der Waals surface area contributed by atoms with E-state index in [0.29, 0.717) is 12.4 Å². The van der Waals surface area contributed by atoms with Gasteiger partial charge in [0.25, 0.3) is 0 Å². The molecule has 1 aromatic rings. The van der Waals surface area contributed by atoms with Crippen LogP contribution in [-0.4, -0.2) is 61.3 Å². The summed E-state index contributed by atoms with van der Waals surface area (Å²) < 4.78 is 10.7. The number of carbonyl (C=O) groups excluding carboxylic acids is 1. The van der Waals surface area contributed by atoms with E-state index in [4.69, 9.17) is 9.47 Å². The Morgan fingerprint density at radius 1 is 1.34 bits per heavy atom. The zero-order valence-electron chi connectivity index (χ0n) is 19.1. The van der Waals surface area contributed by atoms with Gasteiger partial charge in [-0.25, -0.2) is 9.78 Å². The first-order valence-corrected chi connectivity index (χ1v) is 9.96. The van der Waals surface area contributed by atoms with Crippen LogP contribution in [0.3, 0.4) is 0 Å². The molecule has 1 unspecified atom stereocenters. The summed E-state index contributed by atoms with van der Waals surface area (Å²) in [6, 6.07) is 3.84. The minimum absolute atomic E-state index is 0.00354. The van der Waals surface area contributed by atoms with Crippen LogP contribution in [-0.2, 0) is 11.3 Å². The van der Waals surface area contributed by atoms with Gasteiger partial charge in [0.05, 0.1) is 7.11 Å². The SMILES string of the molecule is CN=C(NCc1cccnc1OC)N(C)CCC(NC(=O)OC(C)(C)C)C(C)C. The number of methoxy groups -OCH3 is 1. The Morgan fingerprint density at radius 2 is 2.03 bits per heavy atom. The molecule has 0 aliphatic carbocycles. The van der Waals surface area contributed by atoms with Crippen LogP contribution in [0.15, 0.2) is 23.3 Å². The number of amides is 1. The van der Waals surface area contributed by atoms with Gasteiger partial charge in [-0.3, -0.25) is 4.99 Å². The molecule has 0 radical (unpaired) electrons. The van der Waals surface area contributed by atoms with Gasteiger partial charge in [0.15, 0.2) is 5.96 Å². The number of rotatable bonds is 8. The van der Waals surface area contributed by atoms with Crippen LogP contribution in [0.2, 0.25) is 0 Å². The van der Waals surface area contributed by atoms with Gasteiger partial charge < -0.3 is 25.0 Å². The van der Waals surface area contributed by atoms with Gasteiger partial charge in [0.1, 0.15) is 5.60 Å². The molecule has 1 rings (SSSR count). The topological polar surface area (TPSA) is 88.1 Å². The molecule has 0 aliphatic rings. The van der Waals surface area contributed by atoms with Crippen molar-refractivity contribution in [2.45, 2.75) is 59.2 Å². The minimum atomic E-state index is -0.512. The number of guanidine groups is 1. The number of hydrogen-bond donors (Lipinski definition) is 2. The monoisotopic (exact) mass is 407 g/mol. The summed E-state index contributed by atoms with van der Waals surface area (Å²) in [6.07, 6.45) is 2.09. The number of nitrogens with one attached hydrogen (secondary N) is 2. The molecule has 0 bridgehead atoms. The molecular weight excluding hydrogens is 370 g/mol. The summed E-state index contributed by atoms with van der Waals surface area (Å²) in [5.74, 6) is 1.64. The molecule has 8 heteroatoms. The third kappa shape index (κ3) is 9.02. The summed E-state index contributed by atoms with van der Waals surface area (Å²) in [5, 5.41) is 6.31. The van der Waals surface area contributed by atoms with Crippen molar-refractivity contribution in [3.63, 3.8) is 0 Å². The Hall–Kier alpha value is -2.51. The smallest absolute Gasteiger partial charge is 0.407 e. The van der Waals surface area contributed by atoms with Crippen LogP contribution in [0.1, 0.15) is 46.6 Å². The molecule has 2 N–H and O–H groups in total. The lowest BCUT2D eigenvalue weighted by molar-refractivity contribution is 0.0486. The van der Waals surface area contributed by atoms with Gasteiger partial charge in [-0.2, -0.15) is 0 Å². The largest absolute Gasteiger partial charge is 0.481 e. The number of ether oxygens (including phenoxy) is 2. The lowest BCUT2D eigenvalue weighted by Gasteiger charge is -2.28. The molecule has 1 heterocycles. The maximum absolute atomic E-state index is 12.1. The second-order valence-electron chi connectivity index (χ2n) is 8.28. The lowest BCUT2D eigenvalue weighted by atomic mass is 10.0. The molecule has 0 saturated carbocycles. The van der Waals surface area contributed by atoms with E-state index in [1.54, 1.807) is 20.4 Å². The normalized spacial score (nSPS) is 13.1. The van der Waals surface area contributed by atoms with Gasteiger partial charge in [-0.05, 0) is 39.2 Å². The van der Waals surface area contributed by atoms with E-state index in [1.807, 2.05) is 44.9 Å². The van der Waals surface area contributed by atoms with Crippen LogP contribution >= 0.6 is 0 Å². The number of aliphatic imine (C=N–C) groups is 1. The zero-order chi connectivity index (χ0) is 22.0. The maximum atomic E-state index is 12.1. The highest BCUT2D eigenvalue weighted by Gasteiger charge is 2.22. The average Bonchev–Trinajstić information content (AvgIpc) is 2.64. The van der Waals surface area contributed by atoms with Gasteiger partial charge in [-0.1, -0.05) is 19.9 Å². The fourth-order valence-electron chi connectivity index (χ4n) is 2.77. The third-order valence-corrected chi connectivity index (χ3v) is 4.34. The fraction of sp³-hybridized carbons (Fsp3) is 0.667. The lowest BCUT2D eigenvalue weighted by Crippen LogP contribution is -2.45. The standard InChI is InChI=1S/C21H37N5O3/c1-15(2)17(25-20(27)29-21(3,4)5)11-13-26(7)19(22-6)24-14-16-10-9-12-23-18(16)28-8/h9-10,12,15,17H,11,13-14H2,1-8H3,(H,22,24)(H,25,27). The summed E-state index contributed by atoms with van der Waals surface area (Å²) in [7, 11) is 5.33. The van der Waals surface area contributed by atoms with Gasteiger partial charge in [0, 0.05) is 45.0 Å². The van der Waals surface area contributed by atoms with E-state index in [-0.39, 0.29) is 18.1 Å². The first-order valence-electron chi connectivity index (χ1n) is 9.96. The van der Waals surface area contributed by atoms with Crippen molar-refractivity contribution in [3.05, 3.63) is 23.9 Å². The second kappa shape index (κ2) is 11.5. The molecule has 8 nitrogen and oxygen atoms in total. The highest BCUT2D eigenvalue weighted by atomic mass is 16.6. The molecule has 1 atom stereocenters. The highest BCUT2D eigenvalue weighted by Crippen LogP contribution is 2.13. The van der Waals surface area contributed by atoms with Crippen LogP contribution in [0, 0.1) is 5.92 Å². The van der Waals surface area contributed by atoms with Crippen molar-refractivity contribution in [1.29, 1.82) is 0 Å². The Bertz CT molecular complexity index is 671. The predicted molar refractivity (Wildman–Crippen MR) is 116 cm³/mol. The molecular formula is C21H37N5O3. The molecule has 29 heavy (non-hydrogen) atoms. The number of pyridine rings is 1. The molecule has 0 fully saturated rings. The van der Waals surface area contributed by atoms with Crippen molar-refractivity contribution in [2.24, 2.45) is 10.9 Å². The summed E-state index contributed by atoms with van der Waals surface area (Å²) >= 11 is 0. The maximum Gasteiger partial charge on any atom is 0.407 e.